The molecule has 0 amide bonds. The van der Waals surface area contributed by atoms with Crippen LogP contribution in [0.3, 0.4) is 0 Å². The maximum atomic E-state index is 8.50. The van der Waals surface area contributed by atoms with Crippen LogP contribution in [0.25, 0.3) is 20.9 Å². The Morgan fingerprint density at radius 2 is 1.23 bits per heavy atom. The van der Waals surface area contributed by atoms with Gasteiger partial charge in [0.2, 0.25) is 0 Å². The molecule has 118 valence electrons. The van der Waals surface area contributed by atoms with Crippen LogP contribution in [0.4, 0.5) is 0 Å². The van der Waals surface area contributed by atoms with Crippen LogP contribution in [0.15, 0.2) is 34.5 Å². The van der Waals surface area contributed by atoms with Crippen LogP contribution in [-0.2, 0) is 0 Å². The lowest BCUT2D eigenvalue weighted by Gasteiger charge is -2.15. The molecule has 0 N–H and O–H groups in total. The summed E-state index contributed by atoms with van der Waals surface area (Å²) in [6, 6.07) is 6.90. The zero-order valence-corrected chi connectivity index (χ0v) is 12.8. The minimum absolute atomic E-state index is 0.516. The van der Waals surface area contributed by atoms with Gasteiger partial charge in [0.25, 0.3) is 0 Å². The minimum Gasteiger partial charge on any atom is -0.484 e. The van der Waals surface area contributed by atoms with Crippen molar-refractivity contribution in [2.75, 3.05) is 0 Å². The predicted molar refractivity (Wildman–Crippen MR) is 83.4 cm³/mol. The second-order valence-electron chi connectivity index (χ2n) is 4.60. The second-order valence-corrected chi connectivity index (χ2v) is 4.60. The summed E-state index contributed by atoms with van der Waals surface area (Å²) in [5.74, 6) is 1.18. The van der Waals surface area contributed by atoms with Gasteiger partial charge in [-0.1, -0.05) is 26.7 Å². The molecule has 0 saturated carbocycles. The van der Waals surface area contributed by atoms with Crippen molar-refractivity contribution in [3.05, 3.63) is 45.2 Å². The summed E-state index contributed by atoms with van der Waals surface area (Å²) in [4.78, 5) is 5.55. The highest BCUT2D eigenvalue weighted by atomic mass is 16.5. The van der Waals surface area contributed by atoms with Crippen LogP contribution in [0, 0.1) is 0 Å². The molecule has 0 aliphatic rings. The number of azide groups is 2. The summed E-state index contributed by atoms with van der Waals surface area (Å²) in [6.45, 7) is 3.98. The molecule has 8 heteroatoms. The second kappa shape index (κ2) is 10.2. The third-order valence-electron chi connectivity index (χ3n) is 2.80. The van der Waals surface area contributed by atoms with E-state index in [2.05, 4.69) is 20.1 Å². The maximum absolute atomic E-state index is 8.50. The predicted octanol–water partition coefficient (Wildman–Crippen LogP) is 5.32. The Kier molecular flexibility index (Phi) is 8.12. The molecule has 0 bridgehead atoms. The zero-order chi connectivity index (χ0) is 16.2. The standard InChI is InChI=1S/C14H20N6O2/c1-3-5-13(17-19-15)21-11-7-9-12(10-8-11)22-14(6-4-2)18-20-16/h7-10,13-14H,3-6H2,1-2H3. The van der Waals surface area contributed by atoms with Crippen LogP contribution >= 0.6 is 0 Å². The van der Waals surface area contributed by atoms with Crippen LogP contribution in [0.5, 0.6) is 11.5 Å². The molecule has 0 aromatic heterocycles. The molecule has 0 saturated heterocycles. The van der Waals surface area contributed by atoms with Crippen LogP contribution < -0.4 is 9.47 Å². The van der Waals surface area contributed by atoms with Crippen molar-refractivity contribution in [1.29, 1.82) is 0 Å². The molecule has 8 nitrogen and oxygen atoms in total. The summed E-state index contributed by atoms with van der Waals surface area (Å²) in [6.07, 6.45) is 1.98. The van der Waals surface area contributed by atoms with Gasteiger partial charge in [0.15, 0.2) is 12.5 Å². The fourth-order valence-corrected chi connectivity index (χ4v) is 1.80. The monoisotopic (exact) mass is 304 g/mol. The van der Waals surface area contributed by atoms with Gasteiger partial charge in [-0.05, 0) is 58.4 Å². The van der Waals surface area contributed by atoms with Crippen molar-refractivity contribution in [2.45, 2.75) is 52.0 Å². The number of hydrogen-bond acceptors (Lipinski definition) is 4. The Morgan fingerprint density at radius 3 is 1.50 bits per heavy atom. The highest BCUT2D eigenvalue weighted by molar-refractivity contribution is 5.31. The van der Waals surface area contributed by atoms with Gasteiger partial charge in [0, 0.05) is 9.82 Å². The topological polar surface area (TPSA) is 116 Å². The lowest BCUT2D eigenvalue weighted by molar-refractivity contribution is 0.191. The van der Waals surface area contributed by atoms with Gasteiger partial charge in [0.1, 0.15) is 11.5 Å². The first kappa shape index (κ1) is 17.5. The summed E-state index contributed by atoms with van der Waals surface area (Å²) < 4.78 is 11.2. The van der Waals surface area contributed by atoms with Crippen molar-refractivity contribution in [2.24, 2.45) is 10.2 Å². The molecular weight excluding hydrogens is 284 g/mol. The molecule has 1 aromatic rings. The Morgan fingerprint density at radius 1 is 0.864 bits per heavy atom. The summed E-state index contributed by atoms with van der Waals surface area (Å²) in [5, 5.41) is 7.20. The largest absolute Gasteiger partial charge is 0.484 e. The number of ether oxygens (including phenoxy) is 2. The van der Waals surface area contributed by atoms with E-state index in [1.807, 2.05) is 13.8 Å². The molecule has 2 atom stereocenters. The molecule has 0 radical (unpaired) electrons. The molecule has 0 fully saturated rings. The molecule has 0 spiro atoms. The van der Waals surface area contributed by atoms with Crippen LogP contribution in [-0.4, -0.2) is 12.5 Å². The normalized spacial score (nSPS) is 12.5. The highest BCUT2D eigenvalue weighted by Crippen LogP contribution is 2.22. The molecule has 0 aliphatic heterocycles. The van der Waals surface area contributed by atoms with Crippen molar-refractivity contribution in [3.8, 4) is 11.5 Å². The van der Waals surface area contributed by atoms with E-state index in [-0.39, 0.29) is 0 Å². The number of benzene rings is 1. The van der Waals surface area contributed by atoms with Gasteiger partial charge >= 0.3 is 0 Å². The Balaban J connectivity index is 2.68. The quantitative estimate of drug-likeness (QED) is 0.330. The highest BCUT2D eigenvalue weighted by Gasteiger charge is 2.09. The minimum atomic E-state index is -0.516. The lowest BCUT2D eigenvalue weighted by Crippen LogP contribution is -2.13. The average molecular weight is 304 g/mol. The molecule has 1 rings (SSSR count). The molecule has 0 aliphatic carbocycles. The molecular formula is C14H20N6O2. The van der Waals surface area contributed by atoms with E-state index < -0.39 is 12.5 Å². The van der Waals surface area contributed by atoms with E-state index >= 15 is 0 Å². The van der Waals surface area contributed by atoms with Gasteiger partial charge in [-0.25, -0.2) is 0 Å². The van der Waals surface area contributed by atoms with Gasteiger partial charge in [-0.3, -0.25) is 0 Å². The first-order valence-electron chi connectivity index (χ1n) is 7.25. The smallest absolute Gasteiger partial charge is 0.177 e. The summed E-state index contributed by atoms with van der Waals surface area (Å²) in [5.41, 5.74) is 17.0. The lowest BCUT2D eigenvalue weighted by atomic mass is 10.3. The van der Waals surface area contributed by atoms with Crippen molar-refractivity contribution in [3.63, 3.8) is 0 Å². The molecule has 22 heavy (non-hydrogen) atoms. The van der Waals surface area contributed by atoms with Gasteiger partial charge in [-0.2, -0.15) is 0 Å². The summed E-state index contributed by atoms with van der Waals surface area (Å²) >= 11 is 0. The van der Waals surface area contributed by atoms with E-state index in [9.17, 15) is 0 Å². The Hall–Kier alpha value is -2.56. The van der Waals surface area contributed by atoms with Gasteiger partial charge < -0.3 is 9.47 Å². The first-order chi connectivity index (χ1) is 10.7. The Bertz CT molecular complexity index is 486. The fraction of sp³-hybridized carbons (Fsp3) is 0.571. The number of rotatable bonds is 10. The third-order valence-corrected chi connectivity index (χ3v) is 2.80. The van der Waals surface area contributed by atoms with Gasteiger partial charge in [0.05, 0.1) is 0 Å². The van der Waals surface area contributed by atoms with E-state index in [1.54, 1.807) is 24.3 Å². The van der Waals surface area contributed by atoms with Crippen molar-refractivity contribution < 1.29 is 9.47 Å². The van der Waals surface area contributed by atoms with Crippen molar-refractivity contribution in [1.82, 2.24) is 0 Å². The first-order valence-corrected chi connectivity index (χ1v) is 7.25. The molecule has 2 unspecified atom stereocenters. The van der Waals surface area contributed by atoms with Crippen LogP contribution in [0.2, 0.25) is 0 Å². The Labute approximate surface area is 129 Å². The van der Waals surface area contributed by atoms with E-state index in [0.717, 1.165) is 12.8 Å². The zero-order valence-electron chi connectivity index (χ0n) is 12.8. The van der Waals surface area contributed by atoms with Crippen LogP contribution in [0.1, 0.15) is 39.5 Å². The van der Waals surface area contributed by atoms with Crippen molar-refractivity contribution >= 4 is 0 Å². The van der Waals surface area contributed by atoms with E-state index in [1.165, 1.54) is 0 Å². The molecule has 0 heterocycles. The van der Waals surface area contributed by atoms with E-state index in [4.69, 9.17) is 20.5 Å². The SMILES string of the molecule is CCCC(N=[N+]=[N-])Oc1ccc(OC(CCC)N=[N+]=[N-])cc1. The van der Waals surface area contributed by atoms with E-state index in [0.29, 0.717) is 24.3 Å². The number of nitrogens with zero attached hydrogens (tertiary/aromatic N) is 6. The molecule has 1 aromatic carbocycles. The van der Waals surface area contributed by atoms with Gasteiger partial charge in [-0.15, -0.1) is 0 Å². The fourth-order valence-electron chi connectivity index (χ4n) is 1.80. The number of hydrogen-bond donors (Lipinski definition) is 0. The summed E-state index contributed by atoms with van der Waals surface area (Å²) in [7, 11) is 0. The maximum Gasteiger partial charge on any atom is 0.177 e. The third kappa shape index (κ3) is 6.26. The average Bonchev–Trinajstić information content (AvgIpc) is 2.50.